The van der Waals surface area contributed by atoms with Crippen LogP contribution in [0.15, 0.2) is 36.4 Å². The molecule has 1 heterocycles. The fraction of sp³-hybridized carbons (Fsp3) is 0.250. The van der Waals surface area contributed by atoms with Crippen LogP contribution in [0, 0.1) is 5.82 Å². The Bertz CT molecular complexity index is 1000. The largest absolute Gasteiger partial charge is 0.299 e. The van der Waals surface area contributed by atoms with Crippen LogP contribution < -0.4 is 0 Å². The summed E-state index contributed by atoms with van der Waals surface area (Å²) < 4.78 is 15.4. The van der Waals surface area contributed by atoms with Crippen LogP contribution in [0.1, 0.15) is 24.7 Å². The standard InChI is InChI=1S/C20H17Cl3FN3O/c1-2-27-19(25-20(26-27)13-4-6-17(23)18(24)9-13)11-16(28)5-3-12-7-14(21)10-15(22)8-12/h4,6-10H,2-3,5,11H2,1H3. The van der Waals surface area contributed by atoms with Crippen LogP contribution in [0.2, 0.25) is 15.1 Å². The highest BCUT2D eigenvalue weighted by molar-refractivity contribution is 6.34. The number of carbonyl (C=O) groups is 1. The highest BCUT2D eigenvalue weighted by atomic mass is 35.5. The molecular formula is C20H17Cl3FN3O. The molecule has 0 fully saturated rings. The highest BCUT2D eigenvalue weighted by Crippen LogP contribution is 2.23. The van der Waals surface area contributed by atoms with Crippen molar-refractivity contribution in [2.75, 3.05) is 0 Å². The fourth-order valence-corrected chi connectivity index (χ4v) is 3.51. The van der Waals surface area contributed by atoms with Gasteiger partial charge in [-0.25, -0.2) is 14.1 Å². The number of halogens is 4. The van der Waals surface area contributed by atoms with Crippen LogP contribution in [0.3, 0.4) is 0 Å². The molecule has 0 aliphatic rings. The zero-order chi connectivity index (χ0) is 20.3. The minimum atomic E-state index is -0.537. The fourth-order valence-electron chi connectivity index (χ4n) is 2.82. The molecule has 0 bridgehead atoms. The smallest absolute Gasteiger partial charge is 0.181 e. The van der Waals surface area contributed by atoms with Crippen LogP contribution in [-0.2, 0) is 24.2 Å². The Hall–Kier alpha value is -1.95. The van der Waals surface area contributed by atoms with E-state index in [1.165, 1.54) is 12.1 Å². The van der Waals surface area contributed by atoms with E-state index in [-0.39, 0.29) is 17.2 Å². The van der Waals surface area contributed by atoms with Gasteiger partial charge in [-0.1, -0.05) is 34.8 Å². The molecule has 2 aromatic carbocycles. The zero-order valence-electron chi connectivity index (χ0n) is 15.1. The van der Waals surface area contributed by atoms with Crippen LogP contribution in [-0.4, -0.2) is 20.5 Å². The van der Waals surface area contributed by atoms with Gasteiger partial charge in [0.2, 0.25) is 0 Å². The summed E-state index contributed by atoms with van der Waals surface area (Å²) in [6, 6.07) is 9.63. The van der Waals surface area contributed by atoms with Gasteiger partial charge in [0.05, 0.1) is 11.4 Å². The van der Waals surface area contributed by atoms with Gasteiger partial charge < -0.3 is 0 Å². The second-order valence-corrected chi connectivity index (χ2v) is 7.57. The van der Waals surface area contributed by atoms with Crippen molar-refractivity contribution in [3.05, 3.63) is 68.7 Å². The Balaban J connectivity index is 1.71. The first kappa shape index (κ1) is 20.8. The quantitative estimate of drug-likeness (QED) is 0.466. The van der Waals surface area contributed by atoms with Gasteiger partial charge in [0.15, 0.2) is 5.82 Å². The van der Waals surface area contributed by atoms with Crippen molar-refractivity contribution in [3.63, 3.8) is 0 Å². The molecule has 146 valence electrons. The number of rotatable bonds is 7. The number of Topliss-reactive ketones (excluding diaryl/α,β-unsaturated/α-hetero) is 1. The molecule has 0 N–H and O–H groups in total. The van der Waals surface area contributed by atoms with Crippen molar-refractivity contribution in [2.45, 2.75) is 32.7 Å². The van der Waals surface area contributed by atoms with Crippen molar-refractivity contribution in [1.82, 2.24) is 14.8 Å². The van der Waals surface area contributed by atoms with E-state index in [1.807, 2.05) is 6.92 Å². The molecule has 1 aromatic heterocycles. The van der Waals surface area contributed by atoms with E-state index in [1.54, 1.807) is 28.9 Å². The summed E-state index contributed by atoms with van der Waals surface area (Å²) >= 11 is 17.7. The molecule has 8 heteroatoms. The molecule has 4 nitrogen and oxygen atoms in total. The number of nitrogens with zero attached hydrogens (tertiary/aromatic N) is 3. The van der Waals surface area contributed by atoms with Crippen LogP contribution >= 0.6 is 34.8 Å². The summed E-state index contributed by atoms with van der Waals surface area (Å²) in [7, 11) is 0. The molecule has 0 aliphatic heterocycles. The molecular weight excluding hydrogens is 424 g/mol. The van der Waals surface area contributed by atoms with Crippen LogP contribution in [0.25, 0.3) is 11.4 Å². The lowest BCUT2D eigenvalue weighted by Gasteiger charge is -2.04. The molecule has 0 saturated carbocycles. The van der Waals surface area contributed by atoms with E-state index in [0.29, 0.717) is 46.6 Å². The Morgan fingerprint density at radius 1 is 1.11 bits per heavy atom. The molecule has 0 saturated heterocycles. The monoisotopic (exact) mass is 439 g/mol. The first-order chi connectivity index (χ1) is 13.4. The van der Waals surface area contributed by atoms with Crippen molar-refractivity contribution in [1.29, 1.82) is 0 Å². The Kier molecular flexibility index (Phi) is 6.70. The number of benzene rings is 2. The number of carbonyl (C=O) groups excluding carboxylic acids is 1. The summed E-state index contributed by atoms with van der Waals surface area (Å²) in [5.41, 5.74) is 1.41. The van der Waals surface area contributed by atoms with Crippen LogP contribution in [0.4, 0.5) is 4.39 Å². The maximum Gasteiger partial charge on any atom is 0.181 e. The van der Waals surface area contributed by atoms with Crippen molar-refractivity contribution in [2.24, 2.45) is 0 Å². The van der Waals surface area contributed by atoms with E-state index in [9.17, 15) is 9.18 Å². The summed E-state index contributed by atoms with van der Waals surface area (Å²) in [6.45, 7) is 2.46. The number of hydrogen-bond acceptors (Lipinski definition) is 3. The predicted molar refractivity (Wildman–Crippen MR) is 110 cm³/mol. The summed E-state index contributed by atoms with van der Waals surface area (Å²) in [6.07, 6.45) is 1.01. The van der Waals surface area contributed by atoms with Gasteiger partial charge in [-0.3, -0.25) is 4.79 Å². The van der Waals surface area contributed by atoms with Crippen molar-refractivity contribution in [3.8, 4) is 11.4 Å². The third kappa shape index (κ3) is 5.10. The van der Waals surface area contributed by atoms with Gasteiger partial charge in [-0.05, 0) is 55.3 Å². The predicted octanol–water partition coefficient (Wildman–Crippen LogP) is 5.81. The van der Waals surface area contributed by atoms with Gasteiger partial charge in [0.25, 0.3) is 0 Å². The molecule has 0 radical (unpaired) electrons. The molecule has 3 rings (SSSR count). The average Bonchev–Trinajstić information content (AvgIpc) is 3.04. The molecule has 0 unspecified atom stereocenters. The van der Waals surface area contributed by atoms with Gasteiger partial charge >= 0.3 is 0 Å². The maximum absolute atomic E-state index is 13.7. The van der Waals surface area contributed by atoms with Crippen molar-refractivity contribution >= 4 is 40.6 Å². The first-order valence-electron chi connectivity index (χ1n) is 8.71. The zero-order valence-corrected chi connectivity index (χ0v) is 17.3. The number of aryl methyl sites for hydroxylation is 2. The lowest BCUT2D eigenvalue weighted by Crippen LogP contribution is -2.11. The van der Waals surface area contributed by atoms with Gasteiger partial charge in [0.1, 0.15) is 17.4 Å². The van der Waals surface area contributed by atoms with Gasteiger partial charge in [0, 0.05) is 28.6 Å². The van der Waals surface area contributed by atoms with Gasteiger partial charge in [-0.15, -0.1) is 0 Å². The van der Waals surface area contributed by atoms with Gasteiger partial charge in [-0.2, -0.15) is 5.10 Å². The van der Waals surface area contributed by atoms with E-state index < -0.39 is 5.82 Å². The summed E-state index contributed by atoms with van der Waals surface area (Å²) in [5.74, 6) is 0.390. The second-order valence-electron chi connectivity index (χ2n) is 6.29. The Labute approximate surface area is 177 Å². The first-order valence-corrected chi connectivity index (χ1v) is 9.85. The topological polar surface area (TPSA) is 47.8 Å². The number of hydrogen-bond donors (Lipinski definition) is 0. The minimum Gasteiger partial charge on any atom is -0.299 e. The molecule has 3 aromatic rings. The molecule has 28 heavy (non-hydrogen) atoms. The Morgan fingerprint density at radius 3 is 2.46 bits per heavy atom. The average molecular weight is 441 g/mol. The Morgan fingerprint density at radius 2 is 1.82 bits per heavy atom. The van der Waals surface area contributed by atoms with E-state index in [0.717, 1.165) is 5.56 Å². The summed E-state index contributed by atoms with van der Waals surface area (Å²) in [4.78, 5) is 16.9. The minimum absolute atomic E-state index is 0.0204. The van der Waals surface area contributed by atoms with E-state index >= 15 is 0 Å². The SMILES string of the molecule is CCn1nc(-c2ccc(Cl)c(F)c2)nc1CC(=O)CCc1cc(Cl)cc(Cl)c1. The molecule has 0 aliphatic carbocycles. The maximum atomic E-state index is 13.7. The molecule has 0 amide bonds. The second kappa shape index (κ2) is 9.03. The lowest BCUT2D eigenvalue weighted by atomic mass is 10.1. The normalized spacial score (nSPS) is 11.0. The third-order valence-electron chi connectivity index (χ3n) is 4.20. The van der Waals surface area contributed by atoms with E-state index in [4.69, 9.17) is 34.8 Å². The lowest BCUT2D eigenvalue weighted by molar-refractivity contribution is -0.118. The van der Waals surface area contributed by atoms with Crippen LogP contribution in [0.5, 0.6) is 0 Å². The number of aromatic nitrogens is 3. The van der Waals surface area contributed by atoms with E-state index in [2.05, 4.69) is 10.1 Å². The molecule has 0 atom stereocenters. The van der Waals surface area contributed by atoms with Crippen molar-refractivity contribution < 1.29 is 9.18 Å². The highest BCUT2D eigenvalue weighted by Gasteiger charge is 2.15. The number of ketones is 1. The molecule has 0 spiro atoms. The third-order valence-corrected chi connectivity index (χ3v) is 4.94. The summed E-state index contributed by atoms with van der Waals surface area (Å²) in [5, 5.41) is 5.49.